The Morgan fingerprint density at radius 1 is 1.14 bits per heavy atom. The highest BCUT2D eigenvalue weighted by atomic mass is 32.2. The standard InChI is InChI=1S/C22H24N4O2S/c1-3-14-26-21(28)23-24-22(26)29-17(2)20(27)25(15-18-10-6-4-7-11-18)16-19-12-8-5-9-13-19/h3-13,17H,1,14-16H2,2H3,(H,23,28). The van der Waals surface area contributed by atoms with Crippen molar-refractivity contribution in [2.75, 3.05) is 0 Å². The largest absolute Gasteiger partial charge is 0.344 e. The number of allylic oxidation sites excluding steroid dienone is 1. The van der Waals surface area contributed by atoms with Crippen molar-refractivity contribution >= 4 is 17.7 Å². The predicted octanol–water partition coefficient (Wildman–Crippen LogP) is 3.47. The molecule has 6 nitrogen and oxygen atoms in total. The molecular formula is C22H24N4O2S. The topological polar surface area (TPSA) is 71.0 Å². The van der Waals surface area contributed by atoms with Crippen molar-refractivity contribution in [3.63, 3.8) is 0 Å². The van der Waals surface area contributed by atoms with E-state index in [1.807, 2.05) is 72.5 Å². The van der Waals surface area contributed by atoms with Crippen LogP contribution in [0.2, 0.25) is 0 Å². The van der Waals surface area contributed by atoms with E-state index in [-0.39, 0.29) is 11.6 Å². The zero-order valence-electron chi connectivity index (χ0n) is 16.3. The first-order valence-electron chi connectivity index (χ1n) is 9.38. The average Bonchev–Trinajstić information content (AvgIpc) is 3.08. The van der Waals surface area contributed by atoms with Crippen LogP contribution in [0.3, 0.4) is 0 Å². The lowest BCUT2D eigenvalue weighted by atomic mass is 10.1. The highest BCUT2D eigenvalue weighted by Gasteiger charge is 2.24. The Kier molecular flexibility index (Phi) is 7.08. The van der Waals surface area contributed by atoms with E-state index >= 15 is 0 Å². The number of nitrogens with zero attached hydrogens (tertiary/aromatic N) is 3. The summed E-state index contributed by atoms with van der Waals surface area (Å²) in [7, 11) is 0. The molecule has 0 aliphatic rings. The fourth-order valence-electron chi connectivity index (χ4n) is 2.97. The SMILES string of the molecule is C=CCn1c(SC(C)C(=O)N(Cc2ccccc2)Cc2ccccc2)n[nH]c1=O. The molecule has 0 saturated heterocycles. The van der Waals surface area contributed by atoms with Gasteiger partial charge >= 0.3 is 5.69 Å². The highest BCUT2D eigenvalue weighted by molar-refractivity contribution is 8.00. The van der Waals surface area contributed by atoms with Crippen LogP contribution in [0, 0.1) is 0 Å². The molecule has 0 spiro atoms. The summed E-state index contributed by atoms with van der Waals surface area (Å²) in [6.45, 7) is 6.88. The summed E-state index contributed by atoms with van der Waals surface area (Å²) in [5.74, 6) is -0.0108. The molecule has 3 rings (SSSR count). The average molecular weight is 409 g/mol. The number of nitrogens with one attached hydrogen (secondary N) is 1. The Labute approximate surface area is 174 Å². The van der Waals surface area contributed by atoms with E-state index in [2.05, 4.69) is 16.8 Å². The summed E-state index contributed by atoms with van der Waals surface area (Å²) in [5.41, 5.74) is 1.83. The monoisotopic (exact) mass is 408 g/mol. The molecule has 1 heterocycles. The predicted molar refractivity (Wildman–Crippen MR) is 116 cm³/mol. The van der Waals surface area contributed by atoms with Crippen LogP contribution in [0.1, 0.15) is 18.1 Å². The first-order chi connectivity index (χ1) is 14.1. The number of aromatic nitrogens is 3. The van der Waals surface area contributed by atoms with Gasteiger partial charge in [-0.05, 0) is 18.1 Å². The van der Waals surface area contributed by atoms with Gasteiger partial charge in [0, 0.05) is 19.6 Å². The minimum atomic E-state index is -0.402. The van der Waals surface area contributed by atoms with Crippen LogP contribution in [0.15, 0.2) is 83.3 Å². The third kappa shape index (κ3) is 5.48. The van der Waals surface area contributed by atoms with Crippen molar-refractivity contribution in [2.45, 2.75) is 37.0 Å². The third-order valence-electron chi connectivity index (χ3n) is 4.41. The Morgan fingerprint density at radius 3 is 2.21 bits per heavy atom. The second-order valence-corrected chi connectivity index (χ2v) is 7.94. The van der Waals surface area contributed by atoms with E-state index in [0.717, 1.165) is 11.1 Å². The molecule has 29 heavy (non-hydrogen) atoms. The van der Waals surface area contributed by atoms with E-state index in [4.69, 9.17) is 0 Å². The van der Waals surface area contributed by atoms with Crippen LogP contribution in [0.4, 0.5) is 0 Å². The summed E-state index contributed by atoms with van der Waals surface area (Å²) >= 11 is 1.27. The first kappa shape index (κ1) is 20.7. The second kappa shape index (κ2) is 9.93. The van der Waals surface area contributed by atoms with E-state index in [9.17, 15) is 9.59 Å². The van der Waals surface area contributed by atoms with E-state index in [1.165, 1.54) is 16.3 Å². The van der Waals surface area contributed by atoms with Gasteiger partial charge in [0.2, 0.25) is 5.91 Å². The molecule has 0 fully saturated rings. The number of carbonyl (C=O) groups is 1. The van der Waals surface area contributed by atoms with Gasteiger partial charge in [-0.15, -0.1) is 11.7 Å². The minimum Gasteiger partial charge on any atom is -0.333 e. The Balaban J connectivity index is 1.79. The maximum Gasteiger partial charge on any atom is 0.344 e. The number of aromatic amines is 1. The normalized spacial score (nSPS) is 11.8. The van der Waals surface area contributed by atoms with Gasteiger partial charge in [-0.2, -0.15) is 0 Å². The molecule has 3 aromatic rings. The maximum atomic E-state index is 13.3. The molecule has 7 heteroatoms. The molecule has 1 N–H and O–H groups in total. The smallest absolute Gasteiger partial charge is 0.333 e. The Bertz CT molecular complexity index is 957. The first-order valence-corrected chi connectivity index (χ1v) is 10.3. The lowest BCUT2D eigenvalue weighted by Crippen LogP contribution is -2.36. The van der Waals surface area contributed by atoms with Gasteiger partial charge in [-0.25, -0.2) is 9.89 Å². The van der Waals surface area contributed by atoms with E-state index in [0.29, 0.717) is 24.8 Å². The van der Waals surface area contributed by atoms with Crippen molar-refractivity contribution in [1.29, 1.82) is 0 Å². The van der Waals surface area contributed by atoms with Crippen molar-refractivity contribution < 1.29 is 4.79 Å². The third-order valence-corrected chi connectivity index (χ3v) is 5.49. The highest BCUT2D eigenvalue weighted by Crippen LogP contribution is 2.23. The summed E-state index contributed by atoms with van der Waals surface area (Å²) in [6.07, 6.45) is 1.63. The molecule has 1 unspecified atom stereocenters. The molecule has 1 aromatic heterocycles. The second-order valence-electron chi connectivity index (χ2n) is 6.64. The van der Waals surface area contributed by atoms with Gasteiger partial charge in [0.15, 0.2) is 5.16 Å². The van der Waals surface area contributed by atoms with Crippen LogP contribution in [0.5, 0.6) is 0 Å². The van der Waals surface area contributed by atoms with Gasteiger partial charge in [0.1, 0.15) is 0 Å². The van der Waals surface area contributed by atoms with Crippen LogP contribution in [-0.4, -0.2) is 30.8 Å². The molecule has 0 aliphatic carbocycles. The molecule has 1 atom stereocenters. The number of hydrogen-bond acceptors (Lipinski definition) is 4. The molecule has 150 valence electrons. The molecule has 2 aromatic carbocycles. The van der Waals surface area contributed by atoms with Crippen molar-refractivity contribution in [2.24, 2.45) is 0 Å². The summed E-state index contributed by atoms with van der Waals surface area (Å²) in [6, 6.07) is 19.8. The summed E-state index contributed by atoms with van der Waals surface area (Å²) in [5, 5.41) is 6.57. The quantitative estimate of drug-likeness (QED) is 0.435. The summed E-state index contributed by atoms with van der Waals surface area (Å²) < 4.78 is 1.47. The van der Waals surface area contributed by atoms with Gasteiger partial charge in [-0.1, -0.05) is 78.5 Å². The zero-order valence-corrected chi connectivity index (χ0v) is 17.1. The van der Waals surface area contributed by atoms with Gasteiger partial charge in [0.25, 0.3) is 0 Å². The van der Waals surface area contributed by atoms with Crippen LogP contribution < -0.4 is 5.69 Å². The van der Waals surface area contributed by atoms with Gasteiger partial charge in [0.05, 0.1) is 5.25 Å². The fraction of sp³-hybridized carbons (Fsp3) is 0.227. The number of rotatable bonds is 9. The molecular weight excluding hydrogens is 384 g/mol. The van der Waals surface area contributed by atoms with Crippen LogP contribution in [0.25, 0.3) is 0 Å². The van der Waals surface area contributed by atoms with Crippen molar-refractivity contribution in [3.05, 3.63) is 94.9 Å². The molecule has 0 radical (unpaired) electrons. The zero-order chi connectivity index (χ0) is 20.6. The van der Waals surface area contributed by atoms with Gasteiger partial charge < -0.3 is 4.90 Å². The van der Waals surface area contributed by atoms with Crippen molar-refractivity contribution in [3.8, 4) is 0 Å². The summed E-state index contributed by atoms with van der Waals surface area (Å²) in [4.78, 5) is 27.0. The van der Waals surface area contributed by atoms with E-state index < -0.39 is 5.25 Å². The minimum absolute atomic E-state index is 0.0108. The molecule has 0 aliphatic heterocycles. The van der Waals surface area contributed by atoms with Crippen LogP contribution >= 0.6 is 11.8 Å². The maximum absolute atomic E-state index is 13.3. The van der Waals surface area contributed by atoms with Crippen molar-refractivity contribution in [1.82, 2.24) is 19.7 Å². The Hall–Kier alpha value is -3.06. The molecule has 0 saturated carbocycles. The fourth-order valence-corrected chi connectivity index (χ4v) is 3.92. The molecule has 0 bridgehead atoms. The number of amides is 1. The number of hydrogen-bond donors (Lipinski definition) is 1. The number of carbonyl (C=O) groups excluding carboxylic acids is 1. The van der Waals surface area contributed by atoms with Crippen LogP contribution in [-0.2, 0) is 24.4 Å². The van der Waals surface area contributed by atoms with Gasteiger partial charge in [-0.3, -0.25) is 9.36 Å². The lowest BCUT2D eigenvalue weighted by molar-refractivity contribution is -0.131. The number of thioether (sulfide) groups is 1. The Morgan fingerprint density at radius 2 is 1.69 bits per heavy atom. The van der Waals surface area contributed by atoms with E-state index in [1.54, 1.807) is 6.08 Å². The lowest BCUT2D eigenvalue weighted by Gasteiger charge is -2.26. The molecule has 1 amide bonds. The number of H-pyrrole nitrogens is 1. The number of benzene rings is 2.